The molecule has 0 spiro atoms. The van der Waals surface area contributed by atoms with Crippen LogP contribution in [0.5, 0.6) is 0 Å². The maximum absolute atomic E-state index is 13.1. The molecular weight excluding hydrogens is 552 g/mol. The molecule has 0 aromatic carbocycles. The van der Waals surface area contributed by atoms with Crippen LogP contribution in [0.3, 0.4) is 0 Å². The van der Waals surface area contributed by atoms with Gasteiger partial charge in [0.2, 0.25) is 19.5 Å². The smallest absolute Gasteiger partial charge is 0.435 e. The molecule has 0 aliphatic carbocycles. The highest BCUT2D eigenvalue weighted by atomic mass is 32.2. The molecule has 6 atom stereocenters. The zero-order chi connectivity index (χ0) is 29.4. The number of nitrogens with one attached hydrogen (secondary N) is 1. The number of aliphatic hydroxyl groups excluding tert-OH is 1. The number of aliphatic hydroxyl groups is 1. The quantitative estimate of drug-likeness (QED) is 0.138. The third-order valence-corrected chi connectivity index (χ3v) is 8.33. The Morgan fingerprint density at radius 1 is 1.12 bits per heavy atom. The summed E-state index contributed by atoms with van der Waals surface area (Å²) in [7, 11) is 0. The van der Waals surface area contributed by atoms with Gasteiger partial charge in [-0.05, 0) is 26.7 Å². The van der Waals surface area contributed by atoms with Crippen LogP contribution in [0.4, 0.5) is 9.59 Å². The fourth-order valence-electron chi connectivity index (χ4n) is 4.81. The number of alkyl carbamates (subject to hydrolysis) is 1. The van der Waals surface area contributed by atoms with Crippen LogP contribution in [-0.2, 0) is 42.8 Å². The maximum atomic E-state index is 13.1. The maximum Gasteiger partial charge on any atom is 0.511 e. The van der Waals surface area contributed by atoms with Gasteiger partial charge in [-0.15, -0.1) is 11.8 Å². The summed E-state index contributed by atoms with van der Waals surface area (Å²) in [5, 5.41) is 12.6. The molecule has 0 saturated carbocycles. The SMILES string of the molecule is CCCC(=O)OCOC(=O)NC[C@H]1OCC[C@H]1SC1=C(C(=O)OCOC(=O)OCC)N2C(=O)[C@H]([C@@H](C)O)C2[C@H]1C. The molecule has 15 heteroatoms. The second-order valence-electron chi connectivity index (χ2n) is 9.39. The minimum absolute atomic E-state index is 0.0313. The van der Waals surface area contributed by atoms with E-state index in [9.17, 15) is 29.1 Å². The third-order valence-electron chi connectivity index (χ3n) is 6.67. The third kappa shape index (κ3) is 7.37. The molecule has 2 saturated heterocycles. The summed E-state index contributed by atoms with van der Waals surface area (Å²) in [5.41, 5.74) is 0.0313. The van der Waals surface area contributed by atoms with Gasteiger partial charge < -0.3 is 43.7 Å². The molecular formula is C25H36N2O12S. The lowest BCUT2D eigenvalue weighted by Gasteiger charge is -2.46. The molecule has 0 aromatic heterocycles. The number of carbonyl (C=O) groups is 5. The van der Waals surface area contributed by atoms with E-state index in [-0.39, 0.29) is 36.4 Å². The van der Waals surface area contributed by atoms with Gasteiger partial charge in [-0.3, -0.25) is 9.59 Å². The summed E-state index contributed by atoms with van der Waals surface area (Å²) in [5.74, 6) is -2.69. The molecule has 3 heterocycles. The van der Waals surface area contributed by atoms with Crippen LogP contribution in [0.15, 0.2) is 10.6 Å². The fraction of sp³-hybridized carbons (Fsp3) is 0.720. The fourth-order valence-corrected chi connectivity index (χ4v) is 6.32. The Morgan fingerprint density at radius 2 is 1.85 bits per heavy atom. The minimum atomic E-state index is -0.998. The predicted octanol–water partition coefficient (Wildman–Crippen LogP) is 1.65. The normalized spacial score (nSPS) is 26.0. The topological polar surface area (TPSA) is 176 Å². The average Bonchev–Trinajstić information content (AvgIpc) is 3.43. The van der Waals surface area contributed by atoms with Crippen LogP contribution in [-0.4, -0.2) is 96.9 Å². The Bertz CT molecular complexity index is 1000. The summed E-state index contributed by atoms with van der Waals surface area (Å²) in [6.07, 6.45) is -1.69. The number of thioether (sulfide) groups is 1. The van der Waals surface area contributed by atoms with E-state index in [1.165, 1.54) is 23.6 Å². The van der Waals surface area contributed by atoms with Crippen molar-refractivity contribution >= 4 is 41.9 Å². The van der Waals surface area contributed by atoms with Gasteiger partial charge in [0.05, 0.1) is 30.8 Å². The number of β-lactam (4-membered cyclic amide) rings is 1. The highest BCUT2D eigenvalue weighted by Crippen LogP contribution is 2.52. The van der Waals surface area contributed by atoms with Gasteiger partial charge in [-0.25, -0.2) is 14.4 Å². The molecule has 2 N–H and O–H groups in total. The number of amides is 2. The lowest BCUT2D eigenvalue weighted by atomic mass is 9.79. The summed E-state index contributed by atoms with van der Waals surface area (Å²) >= 11 is 1.34. The van der Waals surface area contributed by atoms with E-state index in [0.717, 1.165) is 0 Å². The van der Waals surface area contributed by atoms with E-state index >= 15 is 0 Å². The highest BCUT2D eigenvalue weighted by Gasteiger charge is 2.60. The molecule has 0 bridgehead atoms. The molecule has 0 radical (unpaired) electrons. The van der Waals surface area contributed by atoms with Crippen molar-refractivity contribution < 1.29 is 57.5 Å². The van der Waals surface area contributed by atoms with Crippen molar-refractivity contribution in [2.24, 2.45) is 11.8 Å². The average molecular weight is 589 g/mol. The van der Waals surface area contributed by atoms with Crippen LogP contribution in [0, 0.1) is 11.8 Å². The Hall–Kier alpha value is -3.04. The van der Waals surface area contributed by atoms with Crippen molar-refractivity contribution in [1.29, 1.82) is 0 Å². The van der Waals surface area contributed by atoms with Crippen LogP contribution in [0.25, 0.3) is 0 Å². The number of hydrogen-bond acceptors (Lipinski definition) is 13. The van der Waals surface area contributed by atoms with Crippen LogP contribution in [0.1, 0.15) is 47.0 Å². The molecule has 40 heavy (non-hydrogen) atoms. The number of hydrogen-bond donors (Lipinski definition) is 2. The van der Waals surface area contributed by atoms with Crippen molar-refractivity contribution in [2.75, 3.05) is 33.3 Å². The van der Waals surface area contributed by atoms with E-state index < -0.39 is 67.8 Å². The molecule has 1 unspecified atom stereocenters. The van der Waals surface area contributed by atoms with Gasteiger partial charge in [0, 0.05) is 35.6 Å². The van der Waals surface area contributed by atoms with Gasteiger partial charge in [0.1, 0.15) is 5.70 Å². The van der Waals surface area contributed by atoms with Crippen molar-refractivity contribution in [2.45, 2.75) is 70.5 Å². The first-order valence-electron chi connectivity index (χ1n) is 13.2. The molecule has 2 fully saturated rings. The summed E-state index contributed by atoms with van der Waals surface area (Å²) in [6, 6.07) is -0.437. The monoisotopic (exact) mass is 588 g/mol. The zero-order valence-corrected chi connectivity index (χ0v) is 23.7. The van der Waals surface area contributed by atoms with E-state index in [1.54, 1.807) is 6.92 Å². The number of esters is 2. The van der Waals surface area contributed by atoms with Gasteiger partial charge in [0.15, 0.2) is 0 Å². The molecule has 3 rings (SSSR count). The molecule has 224 valence electrons. The highest BCUT2D eigenvalue weighted by molar-refractivity contribution is 8.03. The zero-order valence-electron chi connectivity index (χ0n) is 22.9. The number of rotatable bonds is 13. The van der Waals surface area contributed by atoms with E-state index in [4.69, 9.17) is 23.7 Å². The Balaban J connectivity index is 1.65. The van der Waals surface area contributed by atoms with E-state index in [1.807, 2.05) is 13.8 Å². The largest absolute Gasteiger partial charge is 0.511 e. The summed E-state index contributed by atoms with van der Waals surface area (Å²) in [4.78, 5) is 62.7. The van der Waals surface area contributed by atoms with E-state index in [2.05, 4.69) is 10.1 Å². The molecule has 0 aromatic rings. The minimum Gasteiger partial charge on any atom is -0.435 e. The summed E-state index contributed by atoms with van der Waals surface area (Å²) < 4.78 is 29.9. The first kappa shape index (κ1) is 31.5. The molecule has 3 aliphatic rings. The molecule has 14 nitrogen and oxygen atoms in total. The number of fused-ring (bicyclic) bond motifs is 1. The first-order valence-corrected chi connectivity index (χ1v) is 14.0. The molecule has 3 aliphatic heterocycles. The van der Waals surface area contributed by atoms with Crippen LogP contribution < -0.4 is 5.32 Å². The lowest BCUT2D eigenvalue weighted by molar-refractivity contribution is -0.166. The van der Waals surface area contributed by atoms with Gasteiger partial charge >= 0.3 is 24.2 Å². The van der Waals surface area contributed by atoms with Crippen molar-refractivity contribution in [1.82, 2.24) is 10.2 Å². The van der Waals surface area contributed by atoms with Crippen LogP contribution in [0.2, 0.25) is 0 Å². The van der Waals surface area contributed by atoms with Gasteiger partial charge in [0.25, 0.3) is 0 Å². The van der Waals surface area contributed by atoms with Crippen molar-refractivity contribution in [3.05, 3.63) is 10.6 Å². The standard InChI is InChI=1S/C25H36N2O12S/c1-5-7-17(29)36-11-38-24(32)26-10-15-16(8-9-35-15)40-21-13(3)19-18(14(4)28)22(30)27(19)20(21)23(31)37-12-39-25(33)34-6-2/h13-16,18-19,28H,5-12H2,1-4H3,(H,26,32)/t13-,14-,15-,16-,18-,19?/m1/s1. The van der Waals surface area contributed by atoms with Crippen molar-refractivity contribution in [3.8, 4) is 0 Å². The first-order chi connectivity index (χ1) is 19.1. The second kappa shape index (κ2) is 14.6. The predicted molar refractivity (Wildman–Crippen MR) is 137 cm³/mol. The number of nitrogens with zero attached hydrogens (tertiary/aromatic N) is 1. The van der Waals surface area contributed by atoms with Gasteiger partial charge in [-0.2, -0.15) is 0 Å². The second-order valence-corrected chi connectivity index (χ2v) is 10.7. The Morgan fingerprint density at radius 3 is 2.52 bits per heavy atom. The van der Waals surface area contributed by atoms with Crippen molar-refractivity contribution in [3.63, 3.8) is 0 Å². The lowest BCUT2D eigenvalue weighted by Crippen LogP contribution is -2.63. The van der Waals surface area contributed by atoms with E-state index in [0.29, 0.717) is 24.4 Å². The number of ether oxygens (including phenoxy) is 6. The number of carbonyl (C=O) groups excluding carboxylic acids is 5. The Kier molecular flexibility index (Phi) is 11.5. The molecule has 2 amide bonds. The Labute approximate surface area is 236 Å². The summed E-state index contributed by atoms with van der Waals surface area (Å²) in [6.45, 7) is 6.20. The van der Waals surface area contributed by atoms with Gasteiger partial charge in [-0.1, -0.05) is 13.8 Å². The van der Waals surface area contributed by atoms with Crippen LogP contribution >= 0.6 is 11.8 Å².